The van der Waals surface area contributed by atoms with Gasteiger partial charge in [-0.2, -0.15) is 35.7 Å². The van der Waals surface area contributed by atoms with Crippen LogP contribution in [0, 0.1) is 11.6 Å². The topological polar surface area (TPSA) is 76.5 Å². The van der Waals surface area contributed by atoms with Crippen LogP contribution in [0.15, 0.2) is 47.6 Å². The van der Waals surface area contributed by atoms with E-state index in [1.165, 1.54) is 35.5 Å². The van der Waals surface area contributed by atoms with Crippen LogP contribution in [-0.4, -0.2) is 73.4 Å². The summed E-state index contributed by atoms with van der Waals surface area (Å²) in [6.07, 6.45) is -13.5. The number of nitrogens with zero attached hydrogens (tertiary/aromatic N) is 4. The van der Waals surface area contributed by atoms with Crippen molar-refractivity contribution in [1.82, 2.24) is 4.31 Å². The molecule has 0 spiro atoms. The van der Waals surface area contributed by atoms with Crippen LogP contribution >= 0.6 is 0 Å². The molecule has 0 aliphatic carbocycles. The highest BCUT2D eigenvalue weighted by Gasteiger charge is 2.74. The van der Waals surface area contributed by atoms with Gasteiger partial charge in [-0.3, -0.25) is 5.01 Å². The van der Waals surface area contributed by atoms with E-state index in [-0.39, 0.29) is 24.4 Å². The molecule has 0 radical (unpaired) electrons. The molecular formula is C24H24F8N4O3S. The van der Waals surface area contributed by atoms with Gasteiger partial charge in [-0.15, -0.1) is 0 Å². The van der Waals surface area contributed by atoms with Crippen molar-refractivity contribution in [1.29, 1.82) is 0 Å². The van der Waals surface area contributed by atoms with Crippen LogP contribution in [0.3, 0.4) is 0 Å². The molecule has 220 valence electrons. The summed E-state index contributed by atoms with van der Waals surface area (Å²) in [4.78, 5) is 1.85. The standard InChI is InChI=1S/C24H24F8N4O3S/c1-2-40(38,39)35-11-9-34(10-12-35)17-6-3-15(4-7-17)20-14-21(22(37,23(27,28)29)24(30,31)32)33-36(20)19-8-5-16(25)13-18(19)26/h3-8,13,20,37H,2,9-12,14H2,1H3. The first-order valence-electron chi connectivity index (χ1n) is 12.0. The fraction of sp³-hybridized carbons (Fsp3) is 0.458. The molecule has 2 aliphatic heterocycles. The van der Waals surface area contributed by atoms with Crippen molar-refractivity contribution in [2.75, 3.05) is 41.8 Å². The Bertz CT molecular complexity index is 1360. The van der Waals surface area contributed by atoms with Crippen molar-refractivity contribution >= 4 is 27.1 Å². The van der Waals surface area contributed by atoms with Gasteiger partial charge in [0.15, 0.2) is 5.82 Å². The number of anilines is 2. The van der Waals surface area contributed by atoms with Crippen LogP contribution in [0.5, 0.6) is 0 Å². The molecular weight excluding hydrogens is 576 g/mol. The van der Waals surface area contributed by atoms with Gasteiger partial charge in [-0.1, -0.05) is 12.1 Å². The van der Waals surface area contributed by atoms with E-state index >= 15 is 0 Å². The summed E-state index contributed by atoms with van der Waals surface area (Å²) in [7, 11) is -3.37. The Morgan fingerprint density at radius 1 is 0.925 bits per heavy atom. The third kappa shape index (κ3) is 5.35. The molecule has 0 amide bonds. The van der Waals surface area contributed by atoms with Gasteiger partial charge in [-0.05, 0) is 36.8 Å². The van der Waals surface area contributed by atoms with E-state index in [0.717, 1.165) is 12.1 Å². The Hall–Kier alpha value is -2.98. The number of halogens is 8. The number of sulfonamides is 1. The molecule has 1 unspecified atom stereocenters. The van der Waals surface area contributed by atoms with Crippen molar-refractivity contribution in [2.45, 2.75) is 37.3 Å². The van der Waals surface area contributed by atoms with E-state index in [4.69, 9.17) is 0 Å². The number of rotatable bonds is 6. The number of hydrogen-bond acceptors (Lipinski definition) is 6. The predicted molar refractivity (Wildman–Crippen MR) is 130 cm³/mol. The van der Waals surface area contributed by atoms with Crippen LogP contribution in [0.2, 0.25) is 0 Å². The lowest BCUT2D eigenvalue weighted by Gasteiger charge is -2.35. The minimum Gasteiger partial charge on any atom is -0.369 e. The lowest BCUT2D eigenvalue weighted by atomic mass is 9.90. The molecule has 16 heteroatoms. The molecule has 2 aromatic carbocycles. The van der Waals surface area contributed by atoms with E-state index in [1.807, 2.05) is 4.90 Å². The number of alkyl halides is 6. The van der Waals surface area contributed by atoms with Gasteiger partial charge in [0.25, 0.3) is 5.60 Å². The lowest BCUT2D eigenvalue weighted by molar-refractivity contribution is -0.338. The smallest absolute Gasteiger partial charge is 0.369 e. The maximum Gasteiger partial charge on any atom is 0.431 e. The van der Waals surface area contributed by atoms with Crippen molar-refractivity contribution in [3.63, 3.8) is 0 Å². The minimum absolute atomic E-state index is 0.0455. The normalized spacial score (nSPS) is 19.8. The summed E-state index contributed by atoms with van der Waals surface area (Å²) in [5, 5.41) is 13.9. The van der Waals surface area contributed by atoms with E-state index in [0.29, 0.717) is 29.9 Å². The third-order valence-electron chi connectivity index (χ3n) is 6.94. The zero-order valence-electron chi connectivity index (χ0n) is 20.8. The van der Waals surface area contributed by atoms with Gasteiger partial charge in [0.1, 0.15) is 5.82 Å². The van der Waals surface area contributed by atoms with Gasteiger partial charge in [0, 0.05) is 44.4 Å². The van der Waals surface area contributed by atoms with Crippen molar-refractivity contribution in [3.8, 4) is 0 Å². The average Bonchev–Trinajstić information content (AvgIpc) is 3.32. The molecule has 0 bridgehead atoms. The van der Waals surface area contributed by atoms with E-state index < -0.39 is 63.5 Å². The molecule has 1 atom stereocenters. The Kier molecular flexibility index (Phi) is 7.83. The zero-order chi connectivity index (χ0) is 29.7. The first-order valence-corrected chi connectivity index (χ1v) is 13.6. The SMILES string of the molecule is CCS(=O)(=O)N1CCN(c2ccc(C3CC(C(O)(C(F)(F)F)C(F)(F)F)=NN3c3ccc(F)cc3F)cc2)CC1. The van der Waals surface area contributed by atoms with Crippen molar-refractivity contribution in [3.05, 3.63) is 59.7 Å². The number of hydrazone groups is 1. The molecule has 2 aliphatic rings. The molecule has 2 aromatic rings. The second kappa shape index (κ2) is 10.4. The molecule has 4 rings (SSSR count). The molecule has 1 fully saturated rings. The summed E-state index contributed by atoms with van der Waals surface area (Å²) < 4.78 is 135. The molecule has 1 saturated heterocycles. The largest absolute Gasteiger partial charge is 0.431 e. The molecule has 7 nitrogen and oxygen atoms in total. The van der Waals surface area contributed by atoms with Gasteiger partial charge in [0.2, 0.25) is 10.0 Å². The van der Waals surface area contributed by atoms with Gasteiger partial charge in [0.05, 0.1) is 23.2 Å². The molecule has 1 N–H and O–H groups in total. The monoisotopic (exact) mass is 600 g/mol. The summed E-state index contributed by atoms with van der Waals surface area (Å²) in [5.74, 6) is -2.36. The maximum atomic E-state index is 14.6. The van der Waals surface area contributed by atoms with E-state index in [2.05, 4.69) is 5.10 Å². The van der Waals surface area contributed by atoms with Crippen LogP contribution < -0.4 is 9.91 Å². The Labute approximate surface area is 224 Å². The summed E-state index contributed by atoms with van der Waals surface area (Å²) in [6, 6.07) is 6.47. The van der Waals surface area contributed by atoms with Crippen LogP contribution in [0.1, 0.15) is 24.9 Å². The summed E-state index contributed by atoms with van der Waals surface area (Å²) in [6.45, 7) is 2.66. The highest BCUT2D eigenvalue weighted by atomic mass is 32.2. The quantitative estimate of drug-likeness (QED) is 0.491. The molecule has 0 saturated carbocycles. The molecule has 0 aromatic heterocycles. The number of aliphatic hydroxyl groups is 1. The first kappa shape index (κ1) is 30.0. The zero-order valence-corrected chi connectivity index (χ0v) is 21.7. The van der Waals surface area contributed by atoms with Crippen molar-refractivity contribution < 1.29 is 48.6 Å². The second-order valence-electron chi connectivity index (χ2n) is 9.29. The Morgan fingerprint density at radius 3 is 2.00 bits per heavy atom. The number of hydrogen-bond donors (Lipinski definition) is 1. The Morgan fingerprint density at radius 2 is 1.50 bits per heavy atom. The maximum absolute atomic E-state index is 14.6. The van der Waals surface area contributed by atoms with Gasteiger partial charge < -0.3 is 10.0 Å². The van der Waals surface area contributed by atoms with Crippen LogP contribution in [0.4, 0.5) is 46.5 Å². The number of piperazine rings is 1. The van der Waals surface area contributed by atoms with E-state index in [9.17, 15) is 48.6 Å². The highest BCUT2D eigenvalue weighted by Crippen LogP contribution is 2.49. The van der Waals surface area contributed by atoms with Crippen molar-refractivity contribution in [2.24, 2.45) is 5.10 Å². The molecule has 2 heterocycles. The minimum atomic E-state index is -6.19. The number of benzene rings is 2. The predicted octanol–water partition coefficient (Wildman–Crippen LogP) is 4.60. The molecule has 40 heavy (non-hydrogen) atoms. The lowest BCUT2D eigenvalue weighted by Crippen LogP contribution is -2.62. The van der Waals surface area contributed by atoms with Crippen LogP contribution in [-0.2, 0) is 10.0 Å². The fourth-order valence-corrected chi connectivity index (χ4v) is 5.77. The second-order valence-corrected chi connectivity index (χ2v) is 11.5. The Balaban J connectivity index is 1.66. The third-order valence-corrected chi connectivity index (χ3v) is 8.83. The fourth-order valence-electron chi connectivity index (χ4n) is 4.68. The van der Waals surface area contributed by atoms with Crippen LogP contribution in [0.25, 0.3) is 0 Å². The van der Waals surface area contributed by atoms with Gasteiger partial charge in [-0.25, -0.2) is 17.2 Å². The summed E-state index contributed by atoms with van der Waals surface area (Å²) in [5.41, 5.74) is -6.84. The van der Waals surface area contributed by atoms with E-state index in [1.54, 1.807) is 0 Å². The summed E-state index contributed by atoms with van der Waals surface area (Å²) >= 11 is 0. The highest BCUT2D eigenvalue weighted by molar-refractivity contribution is 7.89. The van der Waals surface area contributed by atoms with Gasteiger partial charge >= 0.3 is 12.4 Å². The first-order chi connectivity index (χ1) is 18.5. The average molecular weight is 601 g/mol.